The summed E-state index contributed by atoms with van der Waals surface area (Å²) in [7, 11) is -2.87. The molecule has 84 valence electrons. The summed E-state index contributed by atoms with van der Waals surface area (Å²) in [5, 5.41) is 23.1. The van der Waals surface area contributed by atoms with Crippen LogP contribution in [0.25, 0.3) is 0 Å². The Morgan fingerprint density at radius 2 is 1.43 bits per heavy atom. The predicted octanol–water partition coefficient (Wildman–Crippen LogP) is -0.754. The molecule has 0 fully saturated rings. The van der Waals surface area contributed by atoms with Crippen molar-refractivity contribution in [2.24, 2.45) is 0 Å². The lowest BCUT2D eigenvalue weighted by Gasteiger charge is -1.79. The molecule has 0 aromatic heterocycles. The second-order valence-electron chi connectivity index (χ2n) is 1.79. The standard InChI is InChI=1S/C4H6O2.C2H6O2.HO3P/c1-3(2)4(5)6;3-1-2-4;1-4(2)3/h1H2,2H3,(H,5,6);3-4H,1-2H2;(H-,1,2,3)/p+1. The van der Waals surface area contributed by atoms with Crippen molar-refractivity contribution in [3.63, 3.8) is 0 Å². The molecule has 0 atom stereocenters. The molecular formula is C6H14O7P+. The molecule has 0 heterocycles. The van der Waals surface area contributed by atoms with Crippen LogP contribution in [0.2, 0.25) is 0 Å². The molecule has 5 N–H and O–H groups in total. The number of aliphatic hydroxyl groups excluding tert-OH is 2. The van der Waals surface area contributed by atoms with Gasteiger partial charge in [-0.05, 0) is 6.92 Å². The summed E-state index contributed by atoms with van der Waals surface area (Å²) in [6.45, 7) is 4.35. The molecule has 0 radical (unpaired) electrons. The smallest absolute Gasteiger partial charge is 0.478 e. The van der Waals surface area contributed by atoms with Crippen molar-refractivity contribution in [1.82, 2.24) is 0 Å². The number of hydrogen-bond donors (Lipinski definition) is 5. The van der Waals surface area contributed by atoms with Crippen LogP contribution in [0.15, 0.2) is 12.2 Å². The average Bonchev–Trinajstić information content (AvgIpc) is 2.03. The first-order chi connectivity index (χ1) is 6.29. The molecule has 0 aromatic rings. The van der Waals surface area contributed by atoms with Crippen LogP contribution >= 0.6 is 8.25 Å². The first-order valence-corrected chi connectivity index (χ1v) is 4.41. The summed E-state index contributed by atoms with van der Waals surface area (Å²) >= 11 is 0. The topological polar surface area (TPSA) is 135 Å². The van der Waals surface area contributed by atoms with Gasteiger partial charge in [-0.2, -0.15) is 0 Å². The molecule has 0 amide bonds. The highest BCUT2D eigenvalue weighted by atomic mass is 31.1. The summed E-state index contributed by atoms with van der Waals surface area (Å²) in [6, 6.07) is 0. The Hall–Kier alpha value is -0.850. The quantitative estimate of drug-likeness (QED) is 0.310. The van der Waals surface area contributed by atoms with Gasteiger partial charge in [-0.15, -0.1) is 9.79 Å². The summed E-state index contributed by atoms with van der Waals surface area (Å²) < 4.78 is 8.70. The van der Waals surface area contributed by atoms with Gasteiger partial charge in [0.1, 0.15) is 0 Å². The second kappa shape index (κ2) is 14.7. The van der Waals surface area contributed by atoms with E-state index >= 15 is 0 Å². The van der Waals surface area contributed by atoms with Crippen LogP contribution < -0.4 is 0 Å². The van der Waals surface area contributed by atoms with Crippen LogP contribution in [-0.2, 0) is 9.36 Å². The number of aliphatic hydroxyl groups is 2. The van der Waals surface area contributed by atoms with Crippen LogP contribution in [0, 0.1) is 0 Å². The fourth-order valence-corrected chi connectivity index (χ4v) is 0. The van der Waals surface area contributed by atoms with E-state index in [0.717, 1.165) is 0 Å². The fraction of sp³-hybridized carbons (Fsp3) is 0.500. The Morgan fingerprint density at radius 3 is 1.43 bits per heavy atom. The minimum Gasteiger partial charge on any atom is -0.478 e. The van der Waals surface area contributed by atoms with E-state index in [9.17, 15) is 4.79 Å². The molecule has 14 heavy (non-hydrogen) atoms. The lowest BCUT2D eigenvalue weighted by molar-refractivity contribution is -0.132. The maximum absolute atomic E-state index is 9.60. The van der Waals surface area contributed by atoms with E-state index < -0.39 is 14.2 Å². The first-order valence-electron chi connectivity index (χ1n) is 3.25. The molecule has 0 aliphatic heterocycles. The molecule has 0 unspecified atom stereocenters. The van der Waals surface area contributed by atoms with Crippen LogP contribution in [0.4, 0.5) is 0 Å². The third-order valence-corrected chi connectivity index (χ3v) is 0.465. The Labute approximate surface area is 81.9 Å². The maximum atomic E-state index is 9.60. The van der Waals surface area contributed by atoms with E-state index in [-0.39, 0.29) is 18.8 Å². The monoisotopic (exact) mass is 229 g/mol. The number of carbonyl (C=O) groups is 1. The van der Waals surface area contributed by atoms with Gasteiger partial charge >= 0.3 is 14.2 Å². The van der Waals surface area contributed by atoms with Crippen molar-refractivity contribution < 1.29 is 34.5 Å². The molecule has 8 heteroatoms. The molecule has 0 rings (SSSR count). The molecule has 0 aromatic carbocycles. The van der Waals surface area contributed by atoms with Crippen LogP contribution in [0.5, 0.6) is 0 Å². The summed E-state index contributed by atoms with van der Waals surface area (Å²) in [5.41, 5.74) is 0.176. The number of hydrogen-bond acceptors (Lipinski definition) is 4. The van der Waals surface area contributed by atoms with Crippen LogP contribution in [-0.4, -0.2) is 44.3 Å². The Balaban J connectivity index is -0.000000135. The predicted molar refractivity (Wildman–Crippen MR) is 48.7 cm³/mol. The molecule has 0 saturated heterocycles. The number of carboxylic acid groups (broad SMARTS) is 1. The third-order valence-electron chi connectivity index (χ3n) is 0.465. The number of carboxylic acids is 1. The lowest BCUT2D eigenvalue weighted by atomic mass is 10.4. The summed E-state index contributed by atoms with van der Waals surface area (Å²) in [6.07, 6.45) is 0. The SMILES string of the molecule is C=C(C)C(=O)O.O=[P+](O)O.OCCO. The molecular weight excluding hydrogens is 215 g/mol. The Kier molecular flexibility index (Phi) is 19.7. The van der Waals surface area contributed by atoms with Gasteiger partial charge in [-0.3, -0.25) is 0 Å². The normalized spacial score (nSPS) is 7.21. The molecule has 0 saturated carbocycles. The highest BCUT2D eigenvalue weighted by molar-refractivity contribution is 7.30. The molecule has 0 aliphatic carbocycles. The van der Waals surface area contributed by atoms with Crippen LogP contribution in [0.3, 0.4) is 0 Å². The van der Waals surface area contributed by atoms with E-state index in [2.05, 4.69) is 6.58 Å². The highest BCUT2D eigenvalue weighted by Crippen LogP contribution is 1.98. The third kappa shape index (κ3) is 66.7. The van der Waals surface area contributed by atoms with Crippen molar-refractivity contribution in [3.8, 4) is 0 Å². The Bertz CT molecular complexity index is 161. The van der Waals surface area contributed by atoms with Crippen molar-refractivity contribution in [2.45, 2.75) is 6.92 Å². The molecule has 0 aliphatic rings. The summed E-state index contributed by atoms with van der Waals surface area (Å²) in [5.74, 6) is -0.935. The van der Waals surface area contributed by atoms with Gasteiger partial charge in [-0.25, -0.2) is 4.79 Å². The van der Waals surface area contributed by atoms with Gasteiger partial charge in [0.05, 0.1) is 13.2 Å². The zero-order valence-electron chi connectivity index (χ0n) is 7.62. The minimum absolute atomic E-state index is 0.125. The molecule has 7 nitrogen and oxygen atoms in total. The Morgan fingerprint density at radius 1 is 1.29 bits per heavy atom. The van der Waals surface area contributed by atoms with Gasteiger partial charge in [-0.1, -0.05) is 6.58 Å². The van der Waals surface area contributed by atoms with Crippen molar-refractivity contribution in [2.75, 3.05) is 13.2 Å². The van der Waals surface area contributed by atoms with Crippen molar-refractivity contribution in [3.05, 3.63) is 12.2 Å². The van der Waals surface area contributed by atoms with E-state index in [1.165, 1.54) is 6.92 Å². The second-order valence-corrected chi connectivity index (χ2v) is 2.29. The molecule has 0 bridgehead atoms. The highest BCUT2D eigenvalue weighted by Gasteiger charge is 1.93. The largest absolute Gasteiger partial charge is 0.692 e. The zero-order chi connectivity index (χ0) is 12.1. The number of aliphatic carboxylic acids is 1. The van der Waals surface area contributed by atoms with Crippen molar-refractivity contribution in [1.29, 1.82) is 0 Å². The van der Waals surface area contributed by atoms with E-state index in [4.69, 9.17) is 29.7 Å². The van der Waals surface area contributed by atoms with E-state index in [0.29, 0.717) is 0 Å². The van der Waals surface area contributed by atoms with E-state index in [1.807, 2.05) is 0 Å². The van der Waals surface area contributed by atoms with E-state index in [1.54, 1.807) is 0 Å². The van der Waals surface area contributed by atoms with Gasteiger partial charge in [0.15, 0.2) is 0 Å². The van der Waals surface area contributed by atoms with Gasteiger partial charge in [0.25, 0.3) is 0 Å². The van der Waals surface area contributed by atoms with Gasteiger partial charge < -0.3 is 15.3 Å². The zero-order valence-corrected chi connectivity index (χ0v) is 8.52. The summed E-state index contributed by atoms with van der Waals surface area (Å²) in [4.78, 5) is 23.8. The lowest BCUT2D eigenvalue weighted by Crippen LogP contribution is -1.92. The van der Waals surface area contributed by atoms with Gasteiger partial charge in [0, 0.05) is 10.1 Å². The maximum Gasteiger partial charge on any atom is 0.692 e. The first kappa shape index (κ1) is 18.8. The van der Waals surface area contributed by atoms with Crippen LogP contribution in [0.1, 0.15) is 6.92 Å². The number of rotatable bonds is 2. The average molecular weight is 229 g/mol. The van der Waals surface area contributed by atoms with Gasteiger partial charge in [0.2, 0.25) is 0 Å². The minimum atomic E-state index is -2.87. The fourth-order valence-electron chi connectivity index (χ4n) is 0. The molecule has 0 spiro atoms. The van der Waals surface area contributed by atoms with Crippen molar-refractivity contribution >= 4 is 14.2 Å².